The Kier molecular flexibility index (Phi) is 6.59. The van der Waals surface area contributed by atoms with Crippen molar-refractivity contribution in [3.05, 3.63) is 47.8 Å². The van der Waals surface area contributed by atoms with E-state index in [0.29, 0.717) is 11.6 Å². The highest BCUT2D eigenvalue weighted by Gasteiger charge is 2.20. The molecule has 25 heavy (non-hydrogen) atoms. The summed E-state index contributed by atoms with van der Waals surface area (Å²) in [5.41, 5.74) is 1.48. The molecule has 0 spiro atoms. The van der Waals surface area contributed by atoms with E-state index in [1.165, 1.54) is 51.7 Å². The highest BCUT2D eigenvalue weighted by atomic mass is 16.3. The second-order valence-corrected chi connectivity index (χ2v) is 7.17. The minimum Gasteiger partial charge on any atom is -0.382 e. The average molecular weight is 342 g/mol. The second kappa shape index (κ2) is 9.11. The van der Waals surface area contributed by atoms with Crippen LogP contribution in [0.15, 0.2) is 36.5 Å². The lowest BCUT2D eigenvalue weighted by Gasteiger charge is -2.31. The third-order valence-electron chi connectivity index (χ3n) is 5.18. The number of aliphatic hydroxyl groups is 1. The fourth-order valence-electron chi connectivity index (χ4n) is 3.58. The molecule has 5 nitrogen and oxygen atoms in total. The molecule has 1 aliphatic heterocycles. The van der Waals surface area contributed by atoms with Crippen molar-refractivity contribution in [2.45, 2.75) is 51.7 Å². The Morgan fingerprint density at radius 2 is 1.92 bits per heavy atom. The maximum atomic E-state index is 10.4. The molecule has 2 aromatic rings. The lowest BCUT2D eigenvalue weighted by molar-refractivity contribution is 0.168. The van der Waals surface area contributed by atoms with Gasteiger partial charge in [-0.1, -0.05) is 55.3 Å². The molecule has 1 aliphatic rings. The van der Waals surface area contributed by atoms with E-state index in [0.717, 1.165) is 12.1 Å². The van der Waals surface area contributed by atoms with Gasteiger partial charge in [0.1, 0.15) is 11.8 Å². The number of piperidine rings is 1. The second-order valence-electron chi connectivity index (χ2n) is 7.17. The Morgan fingerprint density at radius 1 is 1.16 bits per heavy atom. The molecule has 136 valence electrons. The largest absolute Gasteiger partial charge is 0.382 e. The van der Waals surface area contributed by atoms with Crippen molar-refractivity contribution in [2.24, 2.45) is 5.92 Å². The van der Waals surface area contributed by atoms with Crippen LogP contribution in [0.25, 0.3) is 0 Å². The zero-order valence-electron chi connectivity index (χ0n) is 15.2. The number of hydrogen-bond donors (Lipinski definition) is 1. The van der Waals surface area contributed by atoms with E-state index in [-0.39, 0.29) is 0 Å². The maximum Gasteiger partial charge on any atom is 0.124 e. The summed E-state index contributed by atoms with van der Waals surface area (Å²) < 4.78 is 1.90. The van der Waals surface area contributed by atoms with Crippen molar-refractivity contribution in [2.75, 3.05) is 19.6 Å². The molecule has 0 radical (unpaired) electrons. The number of aromatic nitrogens is 3. The third-order valence-corrected chi connectivity index (χ3v) is 5.18. The summed E-state index contributed by atoms with van der Waals surface area (Å²) in [5.74, 6) is 0.658. The first-order valence-corrected chi connectivity index (χ1v) is 9.61. The average Bonchev–Trinajstić information content (AvgIpc) is 3.12. The Bertz CT molecular complexity index is 620. The van der Waals surface area contributed by atoms with Crippen LogP contribution < -0.4 is 0 Å². The first-order chi connectivity index (χ1) is 12.3. The van der Waals surface area contributed by atoms with Gasteiger partial charge in [-0.3, -0.25) is 4.68 Å². The molecule has 0 bridgehead atoms. The van der Waals surface area contributed by atoms with E-state index in [2.05, 4.69) is 22.1 Å². The van der Waals surface area contributed by atoms with Crippen molar-refractivity contribution < 1.29 is 5.11 Å². The van der Waals surface area contributed by atoms with Crippen LogP contribution >= 0.6 is 0 Å². The number of benzene rings is 1. The summed E-state index contributed by atoms with van der Waals surface area (Å²) in [5, 5.41) is 18.8. The van der Waals surface area contributed by atoms with Gasteiger partial charge in [-0.25, -0.2) is 0 Å². The van der Waals surface area contributed by atoms with Gasteiger partial charge in [0.05, 0.1) is 6.20 Å². The lowest BCUT2D eigenvalue weighted by Crippen LogP contribution is -2.35. The zero-order chi connectivity index (χ0) is 17.5. The van der Waals surface area contributed by atoms with Crippen molar-refractivity contribution in [1.82, 2.24) is 19.9 Å². The van der Waals surface area contributed by atoms with Gasteiger partial charge in [0.25, 0.3) is 0 Å². The van der Waals surface area contributed by atoms with Crippen LogP contribution in [0.2, 0.25) is 0 Å². The van der Waals surface area contributed by atoms with E-state index in [1.807, 2.05) is 41.2 Å². The van der Waals surface area contributed by atoms with Crippen LogP contribution in [-0.4, -0.2) is 44.6 Å². The molecule has 1 aromatic heterocycles. The summed E-state index contributed by atoms with van der Waals surface area (Å²) in [7, 11) is 0. The van der Waals surface area contributed by atoms with Gasteiger partial charge in [0.2, 0.25) is 0 Å². The van der Waals surface area contributed by atoms with Crippen LogP contribution in [-0.2, 0) is 6.54 Å². The fraction of sp³-hybridized carbons (Fsp3) is 0.600. The molecule has 3 rings (SSSR count). The van der Waals surface area contributed by atoms with Crippen LogP contribution in [0.3, 0.4) is 0 Å². The molecule has 0 amide bonds. The van der Waals surface area contributed by atoms with Crippen molar-refractivity contribution in [3.63, 3.8) is 0 Å². The Labute approximate surface area is 150 Å². The maximum absolute atomic E-state index is 10.4. The topological polar surface area (TPSA) is 54.2 Å². The summed E-state index contributed by atoms with van der Waals surface area (Å²) in [6.07, 6.45) is 7.60. The SMILES string of the molecule is CCCCCN1CCC(Cn2cc(C(O)c3ccccc3)nn2)CC1. The van der Waals surface area contributed by atoms with Crippen molar-refractivity contribution >= 4 is 0 Å². The minimum atomic E-state index is -0.699. The Morgan fingerprint density at radius 3 is 2.64 bits per heavy atom. The van der Waals surface area contributed by atoms with E-state index < -0.39 is 6.10 Å². The summed E-state index contributed by atoms with van der Waals surface area (Å²) >= 11 is 0. The van der Waals surface area contributed by atoms with Crippen LogP contribution in [0.1, 0.15) is 56.4 Å². The van der Waals surface area contributed by atoms with E-state index in [4.69, 9.17) is 0 Å². The van der Waals surface area contributed by atoms with Gasteiger partial charge in [0.15, 0.2) is 0 Å². The Balaban J connectivity index is 1.48. The first-order valence-electron chi connectivity index (χ1n) is 9.61. The molecule has 0 aliphatic carbocycles. The molecule has 2 heterocycles. The van der Waals surface area contributed by atoms with E-state index >= 15 is 0 Å². The lowest BCUT2D eigenvalue weighted by atomic mass is 9.96. The quantitative estimate of drug-likeness (QED) is 0.748. The standard InChI is InChI=1S/C20H30N4O/c1-2-3-7-12-23-13-10-17(11-14-23)15-24-16-19(21-22-24)20(25)18-8-5-4-6-9-18/h4-6,8-9,16-17,20,25H,2-3,7,10-15H2,1H3. The summed E-state index contributed by atoms with van der Waals surface area (Å²) in [6.45, 7) is 6.80. The molecule has 1 saturated heterocycles. The molecular weight excluding hydrogens is 312 g/mol. The van der Waals surface area contributed by atoms with Gasteiger partial charge in [-0.2, -0.15) is 0 Å². The fourth-order valence-corrected chi connectivity index (χ4v) is 3.58. The van der Waals surface area contributed by atoms with E-state index in [9.17, 15) is 5.11 Å². The number of hydrogen-bond acceptors (Lipinski definition) is 4. The molecule has 1 N–H and O–H groups in total. The molecular formula is C20H30N4O. The molecule has 0 saturated carbocycles. The number of aliphatic hydroxyl groups excluding tert-OH is 1. The number of rotatable bonds is 8. The van der Waals surface area contributed by atoms with Crippen molar-refractivity contribution in [1.29, 1.82) is 0 Å². The van der Waals surface area contributed by atoms with Gasteiger partial charge in [0, 0.05) is 6.54 Å². The van der Waals surface area contributed by atoms with E-state index in [1.54, 1.807) is 0 Å². The third kappa shape index (κ3) is 5.13. The molecule has 5 heteroatoms. The van der Waals surface area contributed by atoms with Gasteiger partial charge < -0.3 is 10.0 Å². The van der Waals surface area contributed by atoms with Crippen LogP contribution in [0, 0.1) is 5.92 Å². The number of nitrogens with zero attached hydrogens (tertiary/aromatic N) is 4. The normalized spacial score (nSPS) is 17.7. The highest BCUT2D eigenvalue weighted by Crippen LogP contribution is 2.22. The Hall–Kier alpha value is -1.72. The van der Waals surface area contributed by atoms with Crippen LogP contribution in [0.5, 0.6) is 0 Å². The van der Waals surface area contributed by atoms with Crippen molar-refractivity contribution in [3.8, 4) is 0 Å². The highest BCUT2D eigenvalue weighted by molar-refractivity contribution is 5.23. The van der Waals surface area contributed by atoms with Gasteiger partial charge >= 0.3 is 0 Å². The monoisotopic (exact) mass is 342 g/mol. The molecule has 1 unspecified atom stereocenters. The summed E-state index contributed by atoms with van der Waals surface area (Å²) in [6, 6.07) is 9.63. The zero-order valence-corrected chi connectivity index (χ0v) is 15.2. The van der Waals surface area contributed by atoms with Gasteiger partial charge in [-0.05, 0) is 50.4 Å². The summed E-state index contributed by atoms with van der Waals surface area (Å²) in [4.78, 5) is 2.60. The number of likely N-dealkylation sites (tertiary alicyclic amines) is 1. The first kappa shape index (κ1) is 18.1. The predicted molar refractivity (Wildman–Crippen MR) is 99.2 cm³/mol. The number of unbranched alkanes of at least 4 members (excludes halogenated alkanes) is 2. The molecule has 1 fully saturated rings. The molecule has 1 atom stereocenters. The predicted octanol–water partition coefficient (Wildman–Crippen LogP) is 3.26. The van der Waals surface area contributed by atoms with Crippen LogP contribution in [0.4, 0.5) is 0 Å². The minimum absolute atomic E-state index is 0.628. The smallest absolute Gasteiger partial charge is 0.124 e. The van der Waals surface area contributed by atoms with Gasteiger partial charge in [-0.15, -0.1) is 5.10 Å². The molecule has 1 aromatic carbocycles.